The lowest BCUT2D eigenvalue weighted by Gasteiger charge is -2.32. The van der Waals surface area contributed by atoms with E-state index in [0.29, 0.717) is 36.9 Å². The van der Waals surface area contributed by atoms with Crippen LogP contribution in [0.15, 0.2) is 35.4 Å². The lowest BCUT2D eigenvalue weighted by atomic mass is 9.92. The fraction of sp³-hybridized carbons (Fsp3) is 0.455. The molecule has 2 N–H and O–H groups in total. The number of halogens is 1. The van der Waals surface area contributed by atoms with E-state index in [1.165, 1.54) is 11.9 Å². The molecule has 1 amide bonds. The third-order valence-electron chi connectivity index (χ3n) is 5.79. The normalized spacial score (nSPS) is 20.7. The predicted octanol–water partition coefficient (Wildman–Crippen LogP) is 4.13. The second kappa shape index (κ2) is 9.97. The van der Waals surface area contributed by atoms with Crippen LogP contribution in [0, 0.1) is 5.92 Å². The molecule has 2 aromatic rings. The summed E-state index contributed by atoms with van der Waals surface area (Å²) in [5, 5.41) is 10.1. The lowest BCUT2D eigenvalue weighted by Crippen LogP contribution is -2.44. The minimum Gasteiger partial charge on any atom is -0.496 e. The zero-order valence-corrected chi connectivity index (χ0v) is 18.9. The third-order valence-corrected chi connectivity index (χ3v) is 6.90. The number of rotatable bonds is 6. The van der Waals surface area contributed by atoms with E-state index in [9.17, 15) is 9.90 Å². The highest BCUT2D eigenvalue weighted by atomic mass is 35.5. The Hall–Kier alpha value is -2.16. The maximum atomic E-state index is 12.8. The van der Waals surface area contributed by atoms with Crippen LogP contribution in [-0.4, -0.2) is 47.3 Å². The number of nitrogens with one attached hydrogen (secondary N) is 1. The van der Waals surface area contributed by atoms with Crippen molar-refractivity contribution in [3.63, 3.8) is 0 Å². The number of amides is 1. The van der Waals surface area contributed by atoms with E-state index in [2.05, 4.69) is 9.71 Å². The fourth-order valence-corrected chi connectivity index (χ4v) is 5.23. The zero-order valence-electron chi connectivity index (χ0n) is 17.3. The highest BCUT2D eigenvalue weighted by molar-refractivity contribution is 8.00. The number of aliphatic hydroxyl groups is 1. The van der Waals surface area contributed by atoms with Crippen molar-refractivity contribution in [1.82, 2.24) is 9.88 Å². The van der Waals surface area contributed by atoms with Crippen molar-refractivity contribution in [3.8, 4) is 11.6 Å². The molecule has 7 nitrogen and oxygen atoms in total. The molecule has 2 aliphatic heterocycles. The van der Waals surface area contributed by atoms with Gasteiger partial charge in [-0.2, -0.15) is 0 Å². The number of aliphatic hydroxyl groups excluding tert-OH is 1. The van der Waals surface area contributed by atoms with Gasteiger partial charge in [0.2, 0.25) is 11.8 Å². The van der Waals surface area contributed by atoms with E-state index >= 15 is 0 Å². The Balaban J connectivity index is 1.53. The quantitative estimate of drug-likeness (QED) is 0.623. The van der Waals surface area contributed by atoms with Crippen LogP contribution in [-0.2, 0) is 11.3 Å². The van der Waals surface area contributed by atoms with Crippen LogP contribution in [0.1, 0.15) is 31.2 Å². The smallest absolute Gasteiger partial charge is 0.223 e. The Labute approximate surface area is 191 Å². The van der Waals surface area contributed by atoms with Gasteiger partial charge in [-0.15, -0.1) is 0 Å². The van der Waals surface area contributed by atoms with E-state index in [1.807, 2.05) is 23.1 Å². The van der Waals surface area contributed by atoms with Crippen LogP contribution < -0.4 is 14.2 Å². The Morgan fingerprint density at radius 3 is 3.10 bits per heavy atom. The van der Waals surface area contributed by atoms with Crippen LogP contribution in [0.4, 0.5) is 5.69 Å². The molecule has 4 rings (SSSR count). The summed E-state index contributed by atoms with van der Waals surface area (Å²) in [5.41, 5.74) is 1.66. The van der Waals surface area contributed by atoms with E-state index in [4.69, 9.17) is 21.1 Å². The zero-order chi connectivity index (χ0) is 21.8. The number of hydrogen-bond donors (Lipinski definition) is 2. The highest BCUT2D eigenvalue weighted by Gasteiger charge is 2.36. The number of methoxy groups -OCH3 is 1. The van der Waals surface area contributed by atoms with Crippen molar-refractivity contribution in [2.24, 2.45) is 5.92 Å². The average molecular weight is 464 g/mol. The maximum Gasteiger partial charge on any atom is 0.223 e. The van der Waals surface area contributed by atoms with Crippen molar-refractivity contribution in [2.75, 3.05) is 25.0 Å². The molecule has 0 saturated carbocycles. The summed E-state index contributed by atoms with van der Waals surface area (Å²) >= 11 is 7.50. The summed E-state index contributed by atoms with van der Waals surface area (Å²) in [5.74, 6) is 1.65. The van der Waals surface area contributed by atoms with Gasteiger partial charge in [0.05, 0.1) is 36.5 Å². The standard InChI is InChI=1S/C22H26ClN3O4S/c1-29-19-6-5-16(23)10-20(19)31-25-17-9-15-12-26-18(13-30-22(15)24-11-17)14(7-8-27)3-2-4-21(26)28/h5-6,9-11,14,18,25,27H,2-4,7-8,12-13H2,1H3/t14?,18-/m0/s1. The van der Waals surface area contributed by atoms with Gasteiger partial charge in [0.1, 0.15) is 12.4 Å². The van der Waals surface area contributed by atoms with Gasteiger partial charge in [0, 0.05) is 23.6 Å². The van der Waals surface area contributed by atoms with Gasteiger partial charge in [-0.3, -0.25) is 4.79 Å². The van der Waals surface area contributed by atoms with Crippen molar-refractivity contribution in [1.29, 1.82) is 0 Å². The van der Waals surface area contributed by atoms with E-state index in [1.54, 1.807) is 19.4 Å². The van der Waals surface area contributed by atoms with Crippen molar-refractivity contribution < 1.29 is 19.4 Å². The number of ether oxygens (including phenoxy) is 2. The number of fused-ring (bicyclic) bond motifs is 2. The molecular weight excluding hydrogens is 438 g/mol. The second-order valence-electron chi connectivity index (χ2n) is 7.75. The molecule has 1 saturated heterocycles. The molecule has 1 unspecified atom stereocenters. The molecule has 166 valence electrons. The Bertz CT molecular complexity index is 945. The van der Waals surface area contributed by atoms with Crippen LogP contribution in [0.3, 0.4) is 0 Å². The number of hydrogen-bond acceptors (Lipinski definition) is 7. The summed E-state index contributed by atoms with van der Waals surface area (Å²) < 4.78 is 14.7. The number of carbonyl (C=O) groups is 1. The fourth-order valence-electron chi connectivity index (χ4n) is 4.21. The summed E-state index contributed by atoms with van der Waals surface area (Å²) in [6.45, 7) is 0.971. The van der Waals surface area contributed by atoms with Crippen molar-refractivity contribution >= 4 is 35.1 Å². The first-order valence-corrected chi connectivity index (χ1v) is 11.6. The molecule has 9 heteroatoms. The summed E-state index contributed by atoms with van der Waals surface area (Å²) in [7, 11) is 1.62. The van der Waals surface area contributed by atoms with Gasteiger partial charge >= 0.3 is 0 Å². The van der Waals surface area contributed by atoms with Gasteiger partial charge in [-0.1, -0.05) is 11.6 Å². The van der Waals surface area contributed by atoms with Crippen LogP contribution in [0.5, 0.6) is 11.6 Å². The molecular formula is C22H26ClN3O4S. The van der Waals surface area contributed by atoms with Crippen molar-refractivity contribution in [2.45, 2.75) is 43.2 Å². The molecule has 0 aliphatic carbocycles. The molecule has 2 atom stereocenters. The topological polar surface area (TPSA) is 83.9 Å². The molecule has 31 heavy (non-hydrogen) atoms. The van der Waals surface area contributed by atoms with Crippen LogP contribution in [0.25, 0.3) is 0 Å². The molecule has 1 aromatic heterocycles. The minimum atomic E-state index is -0.0437. The number of pyridine rings is 1. The predicted molar refractivity (Wildman–Crippen MR) is 121 cm³/mol. The molecule has 2 aliphatic rings. The van der Waals surface area contributed by atoms with Gasteiger partial charge in [0.15, 0.2) is 0 Å². The molecule has 0 spiro atoms. The number of carbonyl (C=O) groups excluding carboxylic acids is 1. The SMILES string of the molecule is COc1ccc(Cl)cc1SNc1cnc2c(c1)CN1C(=O)CCCC(CCO)[C@@H]1CO2. The lowest BCUT2D eigenvalue weighted by molar-refractivity contribution is -0.134. The number of anilines is 1. The summed E-state index contributed by atoms with van der Waals surface area (Å²) in [4.78, 5) is 20.1. The molecule has 0 radical (unpaired) electrons. The van der Waals surface area contributed by atoms with Gasteiger partial charge < -0.3 is 24.2 Å². The highest BCUT2D eigenvalue weighted by Crippen LogP contribution is 2.35. The molecule has 3 heterocycles. The van der Waals surface area contributed by atoms with Crippen molar-refractivity contribution in [3.05, 3.63) is 41.0 Å². The van der Waals surface area contributed by atoms with E-state index < -0.39 is 0 Å². The van der Waals surface area contributed by atoms with E-state index in [0.717, 1.165) is 34.7 Å². The maximum absolute atomic E-state index is 12.8. The number of nitrogens with zero attached hydrogens (tertiary/aromatic N) is 2. The average Bonchev–Trinajstić information content (AvgIpc) is 3.04. The first kappa shape index (κ1) is 22.0. The Morgan fingerprint density at radius 2 is 2.29 bits per heavy atom. The molecule has 0 bridgehead atoms. The van der Waals surface area contributed by atoms with E-state index in [-0.39, 0.29) is 24.5 Å². The summed E-state index contributed by atoms with van der Waals surface area (Å²) in [6.07, 6.45) is 4.69. The first-order valence-electron chi connectivity index (χ1n) is 10.4. The number of benzene rings is 1. The monoisotopic (exact) mass is 463 g/mol. The third kappa shape index (κ3) is 5.02. The van der Waals surface area contributed by atoms with Gasteiger partial charge in [-0.25, -0.2) is 4.98 Å². The number of aromatic nitrogens is 1. The second-order valence-corrected chi connectivity index (χ2v) is 9.04. The van der Waals surface area contributed by atoms with Crippen LogP contribution in [0.2, 0.25) is 5.02 Å². The summed E-state index contributed by atoms with van der Waals surface area (Å²) in [6, 6.07) is 7.36. The minimum absolute atomic E-state index is 0.0437. The van der Waals surface area contributed by atoms with Gasteiger partial charge in [-0.05, 0) is 61.4 Å². The van der Waals surface area contributed by atoms with Gasteiger partial charge in [0.25, 0.3) is 0 Å². The molecule has 1 fully saturated rings. The Morgan fingerprint density at radius 1 is 1.42 bits per heavy atom. The Kier molecular flexibility index (Phi) is 7.09. The van der Waals surface area contributed by atoms with Crippen LogP contribution >= 0.6 is 23.5 Å². The largest absolute Gasteiger partial charge is 0.496 e. The first-order chi connectivity index (χ1) is 15.1. The molecule has 1 aromatic carbocycles.